The van der Waals surface area contributed by atoms with Crippen LogP contribution in [0.25, 0.3) is 0 Å². The molecule has 25 heavy (non-hydrogen) atoms. The van der Waals surface area contributed by atoms with Crippen molar-refractivity contribution in [2.24, 2.45) is 0 Å². The summed E-state index contributed by atoms with van der Waals surface area (Å²) in [5, 5.41) is 0. The number of rotatable bonds is 8. The predicted octanol–water partition coefficient (Wildman–Crippen LogP) is 4.59. The van der Waals surface area contributed by atoms with Crippen LogP contribution in [0.2, 0.25) is 0 Å². The topological polar surface area (TPSA) is 29.5 Å². The summed E-state index contributed by atoms with van der Waals surface area (Å²) in [5.74, 6) is 0.248. The maximum Gasteiger partial charge on any atom is 0.223 e. The van der Waals surface area contributed by atoms with Crippen LogP contribution >= 0.6 is 11.3 Å². The quantitative estimate of drug-likeness (QED) is 0.692. The molecule has 1 saturated heterocycles. The van der Waals surface area contributed by atoms with Crippen molar-refractivity contribution >= 4 is 17.2 Å². The van der Waals surface area contributed by atoms with Gasteiger partial charge in [0.2, 0.25) is 5.91 Å². The highest BCUT2D eigenvalue weighted by Crippen LogP contribution is 2.20. The molecular formula is C21H27NO2S. The fraction of sp³-hybridized carbons (Fsp3) is 0.476. The van der Waals surface area contributed by atoms with E-state index < -0.39 is 0 Å². The number of hydrogen-bond donors (Lipinski definition) is 0. The summed E-state index contributed by atoms with van der Waals surface area (Å²) in [6, 6.07) is 14.7. The van der Waals surface area contributed by atoms with Gasteiger partial charge in [0.05, 0.1) is 12.6 Å². The van der Waals surface area contributed by atoms with Crippen LogP contribution in [0, 0.1) is 6.92 Å². The molecule has 0 aliphatic carbocycles. The maximum absolute atomic E-state index is 12.8. The molecule has 0 N–H and O–H groups in total. The van der Waals surface area contributed by atoms with E-state index in [1.54, 1.807) is 11.3 Å². The van der Waals surface area contributed by atoms with E-state index >= 15 is 0 Å². The van der Waals surface area contributed by atoms with Gasteiger partial charge < -0.3 is 9.64 Å². The summed E-state index contributed by atoms with van der Waals surface area (Å²) >= 11 is 1.78. The molecule has 1 fully saturated rings. The Morgan fingerprint density at radius 2 is 2.08 bits per heavy atom. The molecule has 134 valence electrons. The Labute approximate surface area is 154 Å². The van der Waals surface area contributed by atoms with E-state index in [9.17, 15) is 4.79 Å². The van der Waals surface area contributed by atoms with Crippen molar-refractivity contribution in [2.45, 2.75) is 51.7 Å². The molecule has 1 aliphatic rings. The molecule has 2 aromatic rings. The molecule has 3 rings (SSSR count). The Bertz CT molecular complexity index is 662. The largest absolute Gasteiger partial charge is 0.378 e. The van der Waals surface area contributed by atoms with E-state index in [-0.39, 0.29) is 12.0 Å². The van der Waals surface area contributed by atoms with Crippen molar-refractivity contribution in [1.82, 2.24) is 4.90 Å². The first-order valence-corrected chi connectivity index (χ1v) is 10.0. The number of ether oxygens (including phenoxy) is 1. The third-order valence-electron chi connectivity index (χ3n) is 4.71. The van der Waals surface area contributed by atoms with E-state index in [2.05, 4.69) is 43.3 Å². The summed E-state index contributed by atoms with van der Waals surface area (Å²) < 4.78 is 5.67. The van der Waals surface area contributed by atoms with Gasteiger partial charge in [-0.3, -0.25) is 4.79 Å². The van der Waals surface area contributed by atoms with E-state index in [0.29, 0.717) is 6.42 Å². The smallest absolute Gasteiger partial charge is 0.223 e. The Hall–Kier alpha value is -1.65. The number of benzene rings is 1. The molecule has 0 radical (unpaired) electrons. The van der Waals surface area contributed by atoms with Crippen LogP contribution in [0.4, 0.5) is 0 Å². The molecule has 1 aromatic carbocycles. The van der Waals surface area contributed by atoms with Crippen molar-refractivity contribution in [3.63, 3.8) is 0 Å². The second kappa shape index (κ2) is 9.16. The van der Waals surface area contributed by atoms with Crippen molar-refractivity contribution in [3.8, 4) is 0 Å². The van der Waals surface area contributed by atoms with E-state index in [1.165, 1.54) is 15.3 Å². The molecule has 1 aliphatic heterocycles. The standard InChI is InChI=1S/C21H27NO2S/c1-17-9-11-20(25-17)16-22(14-13-18-6-3-2-4-7-18)21(23)12-10-19-8-5-15-24-19/h2-4,6-7,9,11,19H,5,8,10,12-16H2,1H3. The molecule has 2 heterocycles. The molecule has 0 saturated carbocycles. The summed E-state index contributed by atoms with van der Waals surface area (Å²) in [4.78, 5) is 17.4. The summed E-state index contributed by atoms with van der Waals surface area (Å²) in [5.41, 5.74) is 1.28. The number of aryl methyl sites for hydroxylation is 1. The van der Waals surface area contributed by atoms with E-state index in [0.717, 1.165) is 45.4 Å². The Balaban J connectivity index is 1.59. The molecule has 4 heteroatoms. The van der Waals surface area contributed by atoms with Gasteiger partial charge in [-0.2, -0.15) is 0 Å². The van der Waals surface area contributed by atoms with E-state index in [1.807, 2.05) is 11.0 Å². The lowest BCUT2D eigenvalue weighted by atomic mass is 10.1. The third-order valence-corrected chi connectivity index (χ3v) is 5.70. The number of carbonyl (C=O) groups excluding carboxylic acids is 1. The SMILES string of the molecule is Cc1ccc(CN(CCc2ccccc2)C(=O)CCC2CCCO2)s1. The summed E-state index contributed by atoms with van der Waals surface area (Å²) in [6.45, 7) is 4.45. The summed E-state index contributed by atoms with van der Waals surface area (Å²) in [6.07, 6.45) is 4.85. The van der Waals surface area contributed by atoms with Crippen LogP contribution in [0.1, 0.15) is 41.0 Å². The summed E-state index contributed by atoms with van der Waals surface area (Å²) in [7, 11) is 0. The molecule has 0 spiro atoms. The highest BCUT2D eigenvalue weighted by atomic mass is 32.1. The molecular weight excluding hydrogens is 330 g/mol. The van der Waals surface area contributed by atoms with Gasteiger partial charge in [-0.1, -0.05) is 30.3 Å². The van der Waals surface area contributed by atoms with Gasteiger partial charge in [0, 0.05) is 29.3 Å². The Morgan fingerprint density at radius 1 is 1.24 bits per heavy atom. The highest BCUT2D eigenvalue weighted by molar-refractivity contribution is 7.11. The van der Waals surface area contributed by atoms with Gasteiger partial charge in [-0.05, 0) is 50.3 Å². The minimum absolute atomic E-state index is 0.248. The second-order valence-corrected chi connectivity index (χ2v) is 8.11. The normalized spacial score (nSPS) is 16.9. The highest BCUT2D eigenvalue weighted by Gasteiger charge is 2.20. The number of hydrogen-bond acceptors (Lipinski definition) is 3. The zero-order valence-electron chi connectivity index (χ0n) is 14.9. The Morgan fingerprint density at radius 3 is 2.76 bits per heavy atom. The molecule has 0 bridgehead atoms. The first-order chi connectivity index (χ1) is 12.2. The fourth-order valence-electron chi connectivity index (χ4n) is 3.27. The van der Waals surface area contributed by atoms with Crippen LogP contribution in [-0.4, -0.2) is 30.1 Å². The lowest BCUT2D eigenvalue weighted by Gasteiger charge is -2.23. The average molecular weight is 358 g/mol. The second-order valence-electron chi connectivity index (χ2n) is 6.74. The van der Waals surface area contributed by atoms with Gasteiger partial charge in [-0.25, -0.2) is 0 Å². The number of amides is 1. The third kappa shape index (κ3) is 5.68. The Kier molecular flexibility index (Phi) is 6.65. The predicted molar refractivity (Wildman–Crippen MR) is 103 cm³/mol. The molecule has 1 amide bonds. The fourth-order valence-corrected chi connectivity index (χ4v) is 4.18. The van der Waals surface area contributed by atoms with Crippen LogP contribution in [0.3, 0.4) is 0 Å². The van der Waals surface area contributed by atoms with Crippen molar-refractivity contribution < 1.29 is 9.53 Å². The molecule has 1 aromatic heterocycles. The van der Waals surface area contributed by atoms with Crippen molar-refractivity contribution in [2.75, 3.05) is 13.2 Å². The maximum atomic E-state index is 12.8. The van der Waals surface area contributed by atoms with Gasteiger partial charge in [-0.15, -0.1) is 11.3 Å². The van der Waals surface area contributed by atoms with Gasteiger partial charge >= 0.3 is 0 Å². The minimum Gasteiger partial charge on any atom is -0.378 e. The van der Waals surface area contributed by atoms with Gasteiger partial charge in [0.25, 0.3) is 0 Å². The number of thiophene rings is 1. The van der Waals surface area contributed by atoms with Gasteiger partial charge in [0.1, 0.15) is 0 Å². The first kappa shape index (κ1) is 18.2. The van der Waals surface area contributed by atoms with Crippen molar-refractivity contribution in [3.05, 3.63) is 57.8 Å². The lowest BCUT2D eigenvalue weighted by Crippen LogP contribution is -2.32. The zero-order chi connectivity index (χ0) is 17.5. The van der Waals surface area contributed by atoms with Crippen LogP contribution in [0.15, 0.2) is 42.5 Å². The van der Waals surface area contributed by atoms with E-state index in [4.69, 9.17) is 4.74 Å². The zero-order valence-corrected chi connectivity index (χ0v) is 15.8. The van der Waals surface area contributed by atoms with Gasteiger partial charge in [0.15, 0.2) is 0 Å². The number of nitrogens with zero attached hydrogens (tertiary/aromatic N) is 1. The van der Waals surface area contributed by atoms with Crippen LogP contribution in [-0.2, 0) is 22.5 Å². The van der Waals surface area contributed by atoms with Crippen LogP contribution in [0.5, 0.6) is 0 Å². The molecule has 1 unspecified atom stereocenters. The number of carbonyl (C=O) groups is 1. The van der Waals surface area contributed by atoms with Crippen LogP contribution < -0.4 is 0 Å². The molecule has 1 atom stereocenters. The minimum atomic E-state index is 0.248. The monoisotopic (exact) mass is 357 g/mol. The first-order valence-electron chi connectivity index (χ1n) is 9.19. The molecule has 3 nitrogen and oxygen atoms in total. The lowest BCUT2D eigenvalue weighted by molar-refractivity contribution is -0.132. The average Bonchev–Trinajstić information content (AvgIpc) is 3.29. The van der Waals surface area contributed by atoms with Crippen molar-refractivity contribution in [1.29, 1.82) is 0 Å².